The molecule has 19 aromatic rings. The van der Waals surface area contributed by atoms with Gasteiger partial charge in [-0.05, 0) is 127 Å². The monoisotopic (exact) mass is 1410 g/mol. The molecule has 0 amide bonds. The van der Waals surface area contributed by atoms with Crippen molar-refractivity contribution in [2.24, 2.45) is 0 Å². The van der Waals surface area contributed by atoms with Crippen molar-refractivity contribution in [3.05, 3.63) is 391 Å². The van der Waals surface area contributed by atoms with E-state index in [9.17, 15) is 0 Å². The third kappa shape index (κ3) is 17.0. The number of fused-ring (bicyclic) bond motifs is 12. The summed E-state index contributed by atoms with van der Waals surface area (Å²) in [5.74, 6) is 0. The van der Waals surface area contributed by atoms with E-state index in [4.69, 9.17) is 8.83 Å². The summed E-state index contributed by atoms with van der Waals surface area (Å²) in [5.41, 5.74) is 23.2. The highest BCUT2D eigenvalue weighted by Gasteiger charge is 2.17. The second kappa shape index (κ2) is 33.3. The molecule has 0 aliphatic heterocycles. The Kier molecular flexibility index (Phi) is 22.8. The molecule has 0 saturated carbocycles. The van der Waals surface area contributed by atoms with Crippen LogP contribution in [0, 0.1) is 48.5 Å². The van der Waals surface area contributed by atoms with E-state index in [-0.39, 0.29) is 0 Å². The second-order valence-electron chi connectivity index (χ2n) is 27.8. The Morgan fingerprint density at radius 2 is 0.571 bits per heavy atom. The van der Waals surface area contributed by atoms with Crippen LogP contribution in [0.4, 0.5) is 0 Å². The van der Waals surface area contributed by atoms with Gasteiger partial charge in [0.1, 0.15) is 22.3 Å². The third-order valence-corrected chi connectivity index (χ3v) is 23.9. The number of thiophene rings is 2. The number of para-hydroxylation sites is 4. The summed E-state index contributed by atoms with van der Waals surface area (Å²) in [6.45, 7) is 22.0. The third-order valence-electron chi connectivity index (χ3n) is 19.1. The predicted octanol–water partition coefficient (Wildman–Crippen LogP) is 29.7. The average Bonchev–Trinajstić information content (AvgIpc) is 1.63. The Morgan fingerprint density at radius 3 is 1.13 bits per heavy atom. The standard InChI is InChI=1S/C19H14O.C19H14S.C13H10O.C13H10S.2C13H12.C10H16Si/c2*1-13-7-5-11-16-17-12-6-10-15(19(17)20-18(13)16)14-8-3-2-4-9-14;2*1-9-5-4-7-11-10-6-2-3-8-12(10)14-13(9)11;1-11-7-5-6-10-13(11)12-8-3-2-4-9-12;1-11-7-9-13(10-8-11)12-5-3-2-4-6-12;1-9-5-7-10(8-6-9)11(2,3)4/h2*2-12H,1H3;2*2-8H,1H3;2*2-10H,1H3;5-8H,1-4H3. The molecule has 4 heterocycles. The first kappa shape index (κ1) is 71.9. The molecule has 0 aliphatic rings. The molecular formula is C100H88O2S2Si. The number of hydrogen-bond donors (Lipinski definition) is 0. The van der Waals surface area contributed by atoms with Crippen LogP contribution in [0.1, 0.15) is 38.9 Å². The van der Waals surface area contributed by atoms with Gasteiger partial charge in [0.2, 0.25) is 0 Å². The SMILES string of the molecule is Cc1ccc(-c2ccccc2)cc1.Cc1ccc([Si](C)(C)C)cc1.Cc1cccc2c1oc1c(-c3ccccc3)cccc12.Cc1cccc2c1oc1ccccc12.Cc1cccc2c1sc1c(-c3ccccc3)cccc12.Cc1cccc2c1sc1ccccc12.Cc1ccccc1-c1ccccc1. The molecule has 0 spiro atoms. The van der Waals surface area contributed by atoms with Crippen LogP contribution in [-0.4, -0.2) is 8.07 Å². The molecule has 2 nitrogen and oxygen atoms in total. The maximum atomic E-state index is 6.17. The zero-order chi connectivity index (χ0) is 72.8. The van der Waals surface area contributed by atoms with Gasteiger partial charge in [-0.1, -0.05) is 376 Å². The van der Waals surface area contributed by atoms with E-state index in [0.717, 1.165) is 27.9 Å². The van der Waals surface area contributed by atoms with Crippen LogP contribution < -0.4 is 5.19 Å². The molecule has 0 radical (unpaired) electrons. The zero-order valence-corrected chi connectivity index (χ0v) is 64.3. The van der Waals surface area contributed by atoms with E-state index in [1.807, 2.05) is 59.1 Å². The molecule has 0 saturated heterocycles. The molecule has 516 valence electrons. The van der Waals surface area contributed by atoms with Gasteiger partial charge in [-0.3, -0.25) is 0 Å². The molecule has 0 unspecified atom stereocenters. The summed E-state index contributed by atoms with van der Waals surface area (Å²) in [5, 5.41) is 11.9. The minimum atomic E-state index is -1.06. The summed E-state index contributed by atoms with van der Waals surface area (Å²) in [7, 11) is -1.06. The Hall–Kier alpha value is -11.4. The van der Waals surface area contributed by atoms with Crippen LogP contribution in [0.2, 0.25) is 19.6 Å². The minimum absolute atomic E-state index is 0.969. The van der Waals surface area contributed by atoms with Crippen LogP contribution in [0.5, 0.6) is 0 Å². The first-order valence-electron chi connectivity index (χ1n) is 36.1. The second-order valence-corrected chi connectivity index (χ2v) is 35.0. The fourth-order valence-electron chi connectivity index (χ4n) is 13.3. The molecule has 0 N–H and O–H groups in total. The zero-order valence-electron chi connectivity index (χ0n) is 61.6. The van der Waals surface area contributed by atoms with E-state index in [2.05, 4.69) is 384 Å². The first-order valence-corrected chi connectivity index (χ1v) is 41.2. The van der Waals surface area contributed by atoms with Gasteiger partial charge in [0, 0.05) is 67.5 Å². The maximum absolute atomic E-state index is 6.17. The number of aryl methyl sites for hydroxylation is 7. The van der Waals surface area contributed by atoms with Gasteiger partial charge in [-0.15, -0.1) is 22.7 Å². The van der Waals surface area contributed by atoms with Crippen LogP contribution >= 0.6 is 22.7 Å². The minimum Gasteiger partial charge on any atom is -0.456 e. The number of furan rings is 2. The van der Waals surface area contributed by atoms with Gasteiger partial charge in [0.25, 0.3) is 0 Å². The number of rotatable bonds is 5. The van der Waals surface area contributed by atoms with Gasteiger partial charge in [0.15, 0.2) is 0 Å². The van der Waals surface area contributed by atoms with E-state index in [0.29, 0.717) is 0 Å². The van der Waals surface area contributed by atoms with Crippen LogP contribution in [0.25, 0.3) is 129 Å². The van der Waals surface area contributed by atoms with E-state index in [1.54, 1.807) is 5.19 Å². The smallest absolute Gasteiger partial charge is 0.143 e. The highest BCUT2D eigenvalue weighted by molar-refractivity contribution is 7.26. The normalized spacial score (nSPS) is 11.0. The summed E-state index contributed by atoms with van der Waals surface area (Å²) in [6.07, 6.45) is 0. The Labute approximate surface area is 627 Å². The van der Waals surface area contributed by atoms with Gasteiger partial charge in [-0.2, -0.15) is 0 Å². The number of hydrogen-bond acceptors (Lipinski definition) is 4. The molecule has 0 aliphatic carbocycles. The number of benzene rings is 15. The first-order chi connectivity index (χ1) is 51.1. The Bertz CT molecular complexity index is 5790. The summed E-state index contributed by atoms with van der Waals surface area (Å²) in [6, 6.07) is 123. The molecule has 15 aromatic carbocycles. The molecular weight excluding hydrogens is 1330 g/mol. The van der Waals surface area contributed by atoms with Crippen molar-refractivity contribution in [3.63, 3.8) is 0 Å². The van der Waals surface area contributed by atoms with Crippen LogP contribution in [0.15, 0.2) is 361 Å². The molecule has 0 atom stereocenters. The predicted molar refractivity (Wildman–Crippen MR) is 463 cm³/mol. The molecule has 19 rings (SSSR count). The lowest BCUT2D eigenvalue weighted by molar-refractivity contribution is 0.665. The van der Waals surface area contributed by atoms with Crippen molar-refractivity contribution in [1.82, 2.24) is 0 Å². The summed E-state index contributed by atoms with van der Waals surface area (Å²) < 4.78 is 17.6. The van der Waals surface area contributed by atoms with Crippen LogP contribution in [-0.2, 0) is 0 Å². The van der Waals surface area contributed by atoms with Gasteiger partial charge >= 0.3 is 0 Å². The van der Waals surface area contributed by atoms with Gasteiger partial charge in [-0.25, -0.2) is 0 Å². The average molecular weight is 1410 g/mol. The van der Waals surface area contributed by atoms with Gasteiger partial charge < -0.3 is 8.83 Å². The highest BCUT2D eigenvalue weighted by Crippen LogP contribution is 2.42. The van der Waals surface area contributed by atoms with E-state index in [1.165, 1.54) is 140 Å². The van der Waals surface area contributed by atoms with E-state index < -0.39 is 8.07 Å². The van der Waals surface area contributed by atoms with Crippen molar-refractivity contribution >= 4 is 120 Å². The fraction of sp³-hybridized carbons (Fsp3) is 0.100. The lowest BCUT2D eigenvalue weighted by Gasteiger charge is -2.16. The molecule has 5 heteroatoms. The van der Waals surface area contributed by atoms with Crippen molar-refractivity contribution in [1.29, 1.82) is 0 Å². The molecule has 105 heavy (non-hydrogen) atoms. The molecule has 0 bridgehead atoms. The highest BCUT2D eigenvalue weighted by atomic mass is 32.1. The quantitative estimate of drug-likeness (QED) is 0.161. The summed E-state index contributed by atoms with van der Waals surface area (Å²) >= 11 is 3.80. The maximum Gasteiger partial charge on any atom is 0.143 e. The van der Waals surface area contributed by atoms with Crippen molar-refractivity contribution in [2.45, 2.75) is 68.1 Å². The molecule has 0 fully saturated rings. The molecule has 4 aromatic heterocycles. The van der Waals surface area contributed by atoms with Crippen molar-refractivity contribution < 1.29 is 8.83 Å². The van der Waals surface area contributed by atoms with Crippen LogP contribution in [0.3, 0.4) is 0 Å². The van der Waals surface area contributed by atoms with Crippen molar-refractivity contribution in [2.75, 3.05) is 0 Å². The lowest BCUT2D eigenvalue weighted by Crippen LogP contribution is -2.37. The largest absolute Gasteiger partial charge is 0.456 e. The summed E-state index contributed by atoms with van der Waals surface area (Å²) in [4.78, 5) is 0. The fourth-order valence-corrected chi connectivity index (χ4v) is 17.0. The lowest BCUT2D eigenvalue weighted by atomic mass is 10.0. The van der Waals surface area contributed by atoms with E-state index >= 15 is 0 Å². The van der Waals surface area contributed by atoms with Gasteiger partial charge in [0.05, 0.1) is 8.07 Å². The Balaban J connectivity index is 0.000000110. The van der Waals surface area contributed by atoms with Crippen molar-refractivity contribution in [3.8, 4) is 44.5 Å². The topological polar surface area (TPSA) is 26.3 Å². The Morgan fingerprint density at radius 1 is 0.219 bits per heavy atom.